The maximum absolute atomic E-state index is 12.0. The number of amides is 1. The Bertz CT molecular complexity index is 531. The lowest BCUT2D eigenvalue weighted by Crippen LogP contribution is -2.45. The first kappa shape index (κ1) is 15.0. The van der Waals surface area contributed by atoms with E-state index < -0.39 is 5.97 Å². The third kappa shape index (κ3) is 4.05. The summed E-state index contributed by atoms with van der Waals surface area (Å²) in [4.78, 5) is 23.6. The molecule has 1 aliphatic carbocycles. The molecule has 22 heavy (non-hydrogen) atoms. The van der Waals surface area contributed by atoms with Crippen LogP contribution in [0.25, 0.3) is 0 Å². The molecule has 1 aliphatic heterocycles. The first-order valence-corrected chi connectivity index (χ1v) is 7.70. The Morgan fingerprint density at radius 1 is 1.18 bits per heavy atom. The van der Waals surface area contributed by atoms with E-state index in [4.69, 9.17) is 4.74 Å². The summed E-state index contributed by atoms with van der Waals surface area (Å²) in [6.07, 6.45) is 3.24. The molecule has 1 amide bonds. The van der Waals surface area contributed by atoms with Crippen molar-refractivity contribution in [3.63, 3.8) is 0 Å². The molecule has 3 rings (SSSR count). The summed E-state index contributed by atoms with van der Waals surface area (Å²) in [5, 5.41) is 2.62. The smallest absolute Gasteiger partial charge is 0.325 e. The molecule has 0 bridgehead atoms. The lowest BCUT2D eigenvalue weighted by atomic mass is 10.1. The first-order chi connectivity index (χ1) is 10.7. The highest BCUT2D eigenvalue weighted by Gasteiger charge is 2.38. The molecule has 2 unspecified atom stereocenters. The molecule has 1 aromatic carbocycles. The second-order valence-electron chi connectivity index (χ2n) is 5.88. The molecule has 1 saturated heterocycles. The number of esters is 1. The summed E-state index contributed by atoms with van der Waals surface area (Å²) in [7, 11) is 0. The van der Waals surface area contributed by atoms with Crippen molar-refractivity contribution >= 4 is 11.9 Å². The molecule has 1 heterocycles. The minimum absolute atomic E-state index is 0.0993. The molecule has 2 atom stereocenters. The van der Waals surface area contributed by atoms with E-state index in [9.17, 15) is 9.59 Å². The van der Waals surface area contributed by atoms with Gasteiger partial charge >= 0.3 is 5.97 Å². The first-order valence-electron chi connectivity index (χ1n) is 7.70. The minimum Gasteiger partial charge on any atom is -0.460 e. The van der Waals surface area contributed by atoms with Gasteiger partial charge < -0.3 is 10.1 Å². The second-order valence-corrected chi connectivity index (χ2v) is 5.88. The van der Waals surface area contributed by atoms with Crippen LogP contribution in [0, 0.1) is 5.92 Å². The van der Waals surface area contributed by atoms with E-state index in [1.165, 1.54) is 12.8 Å². The van der Waals surface area contributed by atoms with Gasteiger partial charge in [-0.2, -0.15) is 0 Å². The van der Waals surface area contributed by atoms with Crippen LogP contribution in [0.5, 0.6) is 0 Å². The van der Waals surface area contributed by atoms with Crippen LogP contribution < -0.4 is 16.2 Å². The fraction of sp³-hybridized carbons (Fsp3) is 0.500. The van der Waals surface area contributed by atoms with Crippen LogP contribution in [0.1, 0.15) is 24.8 Å². The Kier molecular flexibility index (Phi) is 4.70. The Hall–Kier alpha value is -1.92. The molecular formula is C16H21N3O3. The van der Waals surface area contributed by atoms with Gasteiger partial charge in [-0.05, 0) is 30.7 Å². The summed E-state index contributed by atoms with van der Waals surface area (Å²) in [5.41, 5.74) is 7.08. The van der Waals surface area contributed by atoms with E-state index in [0.717, 1.165) is 12.0 Å². The lowest BCUT2D eigenvalue weighted by Gasteiger charge is -2.10. The molecule has 3 N–H and O–H groups in total. The van der Waals surface area contributed by atoms with Crippen LogP contribution in [0.3, 0.4) is 0 Å². The fourth-order valence-electron chi connectivity index (χ4n) is 2.63. The van der Waals surface area contributed by atoms with Gasteiger partial charge in [-0.25, -0.2) is 5.43 Å². The van der Waals surface area contributed by atoms with Gasteiger partial charge in [0.25, 0.3) is 0 Å². The molecule has 0 spiro atoms. The molecule has 1 saturated carbocycles. The standard InChI is InChI=1S/C16H21N3O3/c20-15(22-10-11-4-2-1-3-5-11)9-17-16(21)14-8-13(18-19-14)12-6-7-12/h1-5,12-14,18-19H,6-10H2,(H,17,21). The zero-order chi connectivity index (χ0) is 15.4. The van der Waals surface area contributed by atoms with Crippen LogP contribution in [0.15, 0.2) is 30.3 Å². The molecular weight excluding hydrogens is 282 g/mol. The number of rotatable bonds is 6. The Morgan fingerprint density at radius 2 is 1.95 bits per heavy atom. The number of benzene rings is 1. The normalized spacial score (nSPS) is 24.0. The quantitative estimate of drug-likeness (QED) is 0.667. The highest BCUT2D eigenvalue weighted by atomic mass is 16.5. The Balaban J connectivity index is 1.35. The summed E-state index contributed by atoms with van der Waals surface area (Å²) >= 11 is 0. The predicted octanol–water partition coefficient (Wildman–Crippen LogP) is 0.491. The lowest BCUT2D eigenvalue weighted by molar-refractivity contribution is -0.145. The van der Waals surface area contributed by atoms with Gasteiger partial charge in [-0.1, -0.05) is 30.3 Å². The zero-order valence-corrected chi connectivity index (χ0v) is 12.4. The van der Waals surface area contributed by atoms with Crippen molar-refractivity contribution in [2.24, 2.45) is 5.92 Å². The Labute approximate surface area is 129 Å². The van der Waals surface area contributed by atoms with Gasteiger partial charge in [0.05, 0.1) is 0 Å². The van der Waals surface area contributed by atoms with Crippen LogP contribution in [0.2, 0.25) is 0 Å². The third-order valence-electron chi connectivity index (χ3n) is 4.09. The second kappa shape index (κ2) is 6.89. The topological polar surface area (TPSA) is 79.5 Å². The predicted molar refractivity (Wildman–Crippen MR) is 80.4 cm³/mol. The van der Waals surface area contributed by atoms with Crippen molar-refractivity contribution in [3.05, 3.63) is 35.9 Å². The van der Waals surface area contributed by atoms with Gasteiger partial charge in [0.2, 0.25) is 5.91 Å². The molecule has 2 fully saturated rings. The van der Waals surface area contributed by atoms with Gasteiger partial charge in [0.1, 0.15) is 19.2 Å². The van der Waals surface area contributed by atoms with Crippen LogP contribution in [-0.4, -0.2) is 30.5 Å². The van der Waals surface area contributed by atoms with Crippen molar-refractivity contribution in [1.82, 2.24) is 16.2 Å². The fourth-order valence-corrected chi connectivity index (χ4v) is 2.63. The molecule has 118 valence electrons. The summed E-state index contributed by atoms with van der Waals surface area (Å²) in [5.74, 6) is 0.107. The van der Waals surface area contributed by atoms with Gasteiger partial charge in [-0.3, -0.25) is 15.0 Å². The van der Waals surface area contributed by atoms with Gasteiger partial charge in [0.15, 0.2) is 0 Å². The third-order valence-corrected chi connectivity index (χ3v) is 4.09. The van der Waals surface area contributed by atoms with Crippen LogP contribution in [0.4, 0.5) is 0 Å². The maximum Gasteiger partial charge on any atom is 0.325 e. The van der Waals surface area contributed by atoms with Gasteiger partial charge in [-0.15, -0.1) is 0 Å². The number of hydrogen-bond donors (Lipinski definition) is 3. The number of hydrogen-bond acceptors (Lipinski definition) is 5. The van der Waals surface area contributed by atoms with Crippen molar-refractivity contribution < 1.29 is 14.3 Å². The highest BCUT2D eigenvalue weighted by Crippen LogP contribution is 2.35. The van der Waals surface area contributed by atoms with E-state index in [1.807, 2.05) is 30.3 Å². The summed E-state index contributed by atoms with van der Waals surface area (Å²) in [6, 6.07) is 9.56. The summed E-state index contributed by atoms with van der Waals surface area (Å²) in [6.45, 7) is 0.125. The molecule has 0 radical (unpaired) electrons. The van der Waals surface area contributed by atoms with Crippen molar-refractivity contribution in [3.8, 4) is 0 Å². The number of ether oxygens (including phenoxy) is 1. The summed E-state index contributed by atoms with van der Waals surface area (Å²) < 4.78 is 5.12. The van der Waals surface area contributed by atoms with Crippen LogP contribution >= 0.6 is 0 Å². The average molecular weight is 303 g/mol. The van der Waals surface area contributed by atoms with E-state index in [2.05, 4.69) is 16.2 Å². The average Bonchev–Trinajstić information content (AvgIpc) is 3.28. The zero-order valence-electron chi connectivity index (χ0n) is 12.4. The van der Waals surface area contributed by atoms with Gasteiger partial charge in [0, 0.05) is 6.04 Å². The number of carbonyl (C=O) groups is 2. The van der Waals surface area contributed by atoms with Crippen LogP contribution in [-0.2, 0) is 20.9 Å². The van der Waals surface area contributed by atoms with Crippen molar-refractivity contribution in [2.45, 2.75) is 38.0 Å². The highest BCUT2D eigenvalue weighted by molar-refractivity contribution is 5.85. The molecule has 6 nitrogen and oxygen atoms in total. The SMILES string of the molecule is O=C(CNC(=O)C1CC(C2CC2)NN1)OCc1ccccc1. The number of nitrogens with one attached hydrogen (secondary N) is 3. The van der Waals surface area contributed by atoms with E-state index in [0.29, 0.717) is 12.0 Å². The van der Waals surface area contributed by atoms with E-state index in [1.54, 1.807) is 0 Å². The number of hydrazine groups is 1. The molecule has 6 heteroatoms. The van der Waals surface area contributed by atoms with E-state index >= 15 is 0 Å². The van der Waals surface area contributed by atoms with Crippen molar-refractivity contribution in [1.29, 1.82) is 0 Å². The van der Waals surface area contributed by atoms with Crippen molar-refractivity contribution in [2.75, 3.05) is 6.54 Å². The minimum atomic E-state index is -0.429. The molecule has 2 aliphatic rings. The Morgan fingerprint density at radius 3 is 2.68 bits per heavy atom. The van der Waals surface area contributed by atoms with E-state index in [-0.39, 0.29) is 25.1 Å². The molecule has 1 aromatic rings. The number of carbonyl (C=O) groups excluding carboxylic acids is 2. The largest absolute Gasteiger partial charge is 0.460 e. The monoisotopic (exact) mass is 303 g/mol. The molecule has 0 aromatic heterocycles. The maximum atomic E-state index is 12.0.